The molecule has 0 atom stereocenters. The molecule has 6 heteroatoms. The fraction of sp³-hybridized carbons (Fsp3) is 0.143. The molecule has 0 aliphatic rings. The van der Waals surface area contributed by atoms with E-state index in [4.69, 9.17) is 15.4 Å². The second-order valence-corrected chi connectivity index (χ2v) is 4.37. The van der Waals surface area contributed by atoms with Gasteiger partial charge in [-0.15, -0.1) is 0 Å². The van der Waals surface area contributed by atoms with Crippen molar-refractivity contribution in [2.45, 2.75) is 13.8 Å². The molecule has 1 heterocycles. The second kappa shape index (κ2) is 5.48. The van der Waals surface area contributed by atoms with E-state index in [1.54, 1.807) is 38.1 Å². The number of aryl methyl sites for hydroxylation is 2. The molecule has 4 N–H and O–H groups in total. The van der Waals surface area contributed by atoms with Crippen molar-refractivity contribution in [2.24, 2.45) is 10.9 Å². The monoisotopic (exact) mass is 273 g/mol. The van der Waals surface area contributed by atoms with E-state index in [1.165, 1.54) is 6.26 Å². The number of benzene rings is 1. The Morgan fingerprint density at radius 2 is 2.05 bits per heavy atom. The van der Waals surface area contributed by atoms with Crippen molar-refractivity contribution in [3.8, 4) is 0 Å². The molecule has 0 aliphatic heterocycles. The van der Waals surface area contributed by atoms with Crippen LogP contribution in [-0.4, -0.2) is 17.0 Å². The van der Waals surface area contributed by atoms with Crippen molar-refractivity contribution in [2.75, 3.05) is 5.32 Å². The summed E-state index contributed by atoms with van der Waals surface area (Å²) in [6.45, 7) is 3.58. The maximum absolute atomic E-state index is 12.1. The summed E-state index contributed by atoms with van der Waals surface area (Å²) in [5.41, 5.74) is 8.11. The zero-order valence-corrected chi connectivity index (χ0v) is 11.2. The van der Waals surface area contributed by atoms with Crippen LogP contribution in [0.4, 0.5) is 5.69 Å². The Morgan fingerprint density at radius 3 is 2.65 bits per heavy atom. The highest BCUT2D eigenvalue weighted by molar-refractivity contribution is 6.10. The largest absolute Gasteiger partial charge is 0.459 e. The first-order valence-corrected chi connectivity index (χ1v) is 5.97. The van der Waals surface area contributed by atoms with Gasteiger partial charge in [0.15, 0.2) is 11.6 Å². The number of rotatable bonds is 3. The van der Waals surface area contributed by atoms with E-state index in [0.29, 0.717) is 11.3 Å². The molecule has 1 aromatic carbocycles. The molecular formula is C14H15N3O3. The van der Waals surface area contributed by atoms with Gasteiger partial charge < -0.3 is 20.7 Å². The predicted molar refractivity (Wildman–Crippen MR) is 75.1 cm³/mol. The van der Waals surface area contributed by atoms with E-state index < -0.39 is 0 Å². The molecule has 1 amide bonds. The van der Waals surface area contributed by atoms with Crippen molar-refractivity contribution in [1.29, 1.82) is 0 Å². The number of carbonyl (C=O) groups excluding carboxylic acids is 1. The molecule has 0 bridgehead atoms. The van der Waals surface area contributed by atoms with Gasteiger partial charge in [0.2, 0.25) is 0 Å². The SMILES string of the molecule is Cc1ccoc1C(=O)Nc1cccc(C)c1/C(N)=N/O. The summed E-state index contributed by atoms with van der Waals surface area (Å²) in [6, 6.07) is 6.96. The number of furan rings is 1. The van der Waals surface area contributed by atoms with Crippen LogP contribution in [0.2, 0.25) is 0 Å². The average Bonchev–Trinajstić information content (AvgIpc) is 2.84. The van der Waals surface area contributed by atoms with Crippen molar-refractivity contribution in [1.82, 2.24) is 0 Å². The van der Waals surface area contributed by atoms with Crippen LogP contribution in [0.5, 0.6) is 0 Å². The predicted octanol–water partition coefficient (Wildman–Crippen LogP) is 2.24. The first-order chi connectivity index (χ1) is 9.54. The van der Waals surface area contributed by atoms with Gasteiger partial charge in [-0.25, -0.2) is 0 Å². The van der Waals surface area contributed by atoms with E-state index in [-0.39, 0.29) is 17.5 Å². The van der Waals surface area contributed by atoms with E-state index in [0.717, 1.165) is 11.1 Å². The zero-order chi connectivity index (χ0) is 14.7. The van der Waals surface area contributed by atoms with Gasteiger partial charge in [-0.05, 0) is 31.5 Å². The minimum atomic E-state index is -0.384. The summed E-state index contributed by atoms with van der Waals surface area (Å²) in [7, 11) is 0. The molecular weight excluding hydrogens is 258 g/mol. The zero-order valence-electron chi connectivity index (χ0n) is 11.2. The number of hydrogen-bond acceptors (Lipinski definition) is 4. The van der Waals surface area contributed by atoms with Crippen LogP contribution in [0, 0.1) is 13.8 Å². The highest BCUT2D eigenvalue weighted by Gasteiger charge is 2.16. The minimum absolute atomic E-state index is 0.0606. The molecule has 1 aromatic heterocycles. The van der Waals surface area contributed by atoms with Crippen LogP contribution in [0.25, 0.3) is 0 Å². The topological polar surface area (TPSA) is 101 Å². The first kappa shape index (κ1) is 13.7. The van der Waals surface area contributed by atoms with Gasteiger partial charge >= 0.3 is 0 Å². The summed E-state index contributed by atoms with van der Waals surface area (Å²) in [5.74, 6) is -0.211. The van der Waals surface area contributed by atoms with Crippen molar-refractivity contribution in [3.63, 3.8) is 0 Å². The molecule has 0 saturated heterocycles. The van der Waals surface area contributed by atoms with E-state index in [2.05, 4.69) is 10.5 Å². The number of amides is 1. The molecule has 0 unspecified atom stereocenters. The van der Waals surface area contributed by atoms with Crippen LogP contribution in [0.1, 0.15) is 27.2 Å². The van der Waals surface area contributed by atoms with E-state index in [9.17, 15) is 4.79 Å². The third-order valence-electron chi connectivity index (χ3n) is 2.95. The van der Waals surface area contributed by atoms with Crippen LogP contribution in [0.15, 0.2) is 40.1 Å². The number of nitrogens with zero attached hydrogens (tertiary/aromatic N) is 1. The highest BCUT2D eigenvalue weighted by atomic mass is 16.4. The summed E-state index contributed by atoms with van der Waals surface area (Å²) >= 11 is 0. The van der Waals surface area contributed by atoms with Gasteiger partial charge in [0.05, 0.1) is 12.0 Å². The third-order valence-corrected chi connectivity index (χ3v) is 2.95. The third kappa shape index (κ3) is 2.49. The maximum Gasteiger partial charge on any atom is 0.291 e. The van der Waals surface area contributed by atoms with Gasteiger partial charge in [0.1, 0.15) is 0 Å². The van der Waals surface area contributed by atoms with E-state index >= 15 is 0 Å². The van der Waals surface area contributed by atoms with Gasteiger partial charge in [0, 0.05) is 11.1 Å². The van der Waals surface area contributed by atoms with E-state index in [1.807, 2.05) is 0 Å². The van der Waals surface area contributed by atoms with Gasteiger partial charge in [-0.3, -0.25) is 4.79 Å². The normalized spacial score (nSPS) is 11.4. The Bertz CT molecular complexity index is 674. The van der Waals surface area contributed by atoms with Crippen LogP contribution >= 0.6 is 0 Å². The Labute approximate surface area is 115 Å². The lowest BCUT2D eigenvalue weighted by Crippen LogP contribution is -2.20. The van der Waals surface area contributed by atoms with Crippen molar-refractivity contribution >= 4 is 17.4 Å². The maximum atomic E-state index is 12.1. The number of nitrogens with one attached hydrogen (secondary N) is 1. The molecule has 0 spiro atoms. The molecule has 104 valence electrons. The molecule has 0 fully saturated rings. The van der Waals surface area contributed by atoms with Crippen LogP contribution < -0.4 is 11.1 Å². The van der Waals surface area contributed by atoms with Gasteiger partial charge in [0.25, 0.3) is 5.91 Å². The molecule has 6 nitrogen and oxygen atoms in total. The lowest BCUT2D eigenvalue weighted by molar-refractivity contribution is 0.0996. The molecule has 0 saturated carbocycles. The van der Waals surface area contributed by atoms with Crippen molar-refractivity contribution in [3.05, 3.63) is 53.0 Å². The molecule has 20 heavy (non-hydrogen) atoms. The number of hydrogen-bond donors (Lipinski definition) is 3. The number of anilines is 1. The number of nitrogens with two attached hydrogens (primary N) is 1. The summed E-state index contributed by atoms with van der Waals surface area (Å²) in [6.07, 6.45) is 1.45. The Kier molecular flexibility index (Phi) is 3.74. The lowest BCUT2D eigenvalue weighted by atomic mass is 10.1. The summed E-state index contributed by atoms with van der Waals surface area (Å²) in [4.78, 5) is 12.1. The average molecular weight is 273 g/mol. The number of carbonyl (C=O) groups is 1. The number of amidine groups is 1. The molecule has 0 aliphatic carbocycles. The minimum Gasteiger partial charge on any atom is -0.459 e. The summed E-state index contributed by atoms with van der Waals surface area (Å²) in [5, 5.41) is 14.5. The highest BCUT2D eigenvalue weighted by Crippen LogP contribution is 2.21. The Morgan fingerprint density at radius 1 is 1.30 bits per heavy atom. The summed E-state index contributed by atoms with van der Waals surface area (Å²) < 4.78 is 5.13. The molecule has 0 radical (unpaired) electrons. The molecule has 2 aromatic rings. The number of oxime groups is 1. The standard InChI is InChI=1S/C14H15N3O3/c1-8-4-3-5-10(11(8)13(15)17-19)16-14(18)12-9(2)6-7-20-12/h3-7,19H,1-2H3,(H2,15,17)(H,16,18). The quantitative estimate of drug-likeness (QED) is 0.345. The van der Waals surface area contributed by atoms with Gasteiger partial charge in [-0.1, -0.05) is 17.3 Å². The molecule has 2 rings (SSSR count). The van der Waals surface area contributed by atoms with Crippen molar-refractivity contribution < 1.29 is 14.4 Å². The smallest absolute Gasteiger partial charge is 0.291 e. The second-order valence-electron chi connectivity index (χ2n) is 4.37. The van der Waals surface area contributed by atoms with Crippen LogP contribution in [0.3, 0.4) is 0 Å². The Hall–Kier alpha value is -2.76. The first-order valence-electron chi connectivity index (χ1n) is 5.97. The fourth-order valence-electron chi connectivity index (χ4n) is 1.95. The Balaban J connectivity index is 2.38. The lowest BCUT2D eigenvalue weighted by Gasteiger charge is -2.12. The van der Waals surface area contributed by atoms with Gasteiger partial charge in [-0.2, -0.15) is 0 Å². The fourth-order valence-corrected chi connectivity index (χ4v) is 1.95. The van der Waals surface area contributed by atoms with Crippen LogP contribution in [-0.2, 0) is 0 Å².